The Morgan fingerprint density at radius 2 is 2.25 bits per heavy atom. The Bertz CT molecular complexity index is 390. The van der Waals surface area contributed by atoms with Gasteiger partial charge in [0.2, 0.25) is 0 Å². The lowest BCUT2D eigenvalue weighted by molar-refractivity contribution is 0.308. The number of ether oxygens (including phenoxy) is 1. The van der Waals surface area contributed by atoms with E-state index in [2.05, 4.69) is 4.99 Å². The fourth-order valence-corrected chi connectivity index (χ4v) is 1.77. The molecule has 1 aliphatic rings. The van der Waals surface area contributed by atoms with Crippen molar-refractivity contribution in [2.75, 3.05) is 13.2 Å². The van der Waals surface area contributed by atoms with Gasteiger partial charge >= 0.3 is 0 Å². The first kappa shape index (κ1) is 11.0. The van der Waals surface area contributed by atoms with Gasteiger partial charge in [0.1, 0.15) is 12.4 Å². The van der Waals surface area contributed by atoms with Gasteiger partial charge < -0.3 is 15.6 Å². The number of nitrogens with two attached hydrogens (primary N) is 1. The molecular weight excluding hydrogens is 204 g/mol. The highest BCUT2D eigenvalue weighted by atomic mass is 16.5. The molecule has 0 saturated carbocycles. The van der Waals surface area contributed by atoms with Crippen LogP contribution in [0, 0.1) is 0 Å². The van der Waals surface area contributed by atoms with Gasteiger partial charge in [-0.3, -0.25) is 0 Å². The van der Waals surface area contributed by atoms with E-state index in [0.717, 1.165) is 11.5 Å². The molecule has 86 valence electrons. The van der Waals surface area contributed by atoms with E-state index in [-0.39, 0.29) is 6.04 Å². The highest BCUT2D eigenvalue weighted by molar-refractivity contribution is 5.77. The summed E-state index contributed by atoms with van der Waals surface area (Å²) in [5, 5.41) is 9.63. The molecule has 0 aromatic heterocycles. The molecule has 0 amide bonds. The fraction of sp³-hybridized carbons (Fsp3) is 0.417. The molecule has 1 atom stereocenters. The van der Waals surface area contributed by atoms with Crippen molar-refractivity contribution >= 4 is 5.90 Å². The minimum atomic E-state index is 0.106. The number of phenols is 1. The lowest BCUT2D eigenvalue weighted by Gasteiger charge is -2.06. The van der Waals surface area contributed by atoms with Crippen LogP contribution in [0.5, 0.6) is 5.75 Å². The number of para-hydroxylation sites is 1. The first-order chi connectivity index (χ1) is 7.79. The SMILES string of the molecule is NCCC1=NC(Cc2ccccc2O)CO1. The summed E-state index contributed by atoms with van der Waals surface area (Å²) in [5.74, 6) is 1.06. The minimum absolute atomic E-state index is 0.106. The lowest BCUT2D eigenvalue weighted by Crippen LogP contribution is -2.10. The topological polar surface area (TPSA) is 67.8 Å². The fourth-order valence-electron chi connectivity index (χ4n) is 1.77. The Labute approximate surface area is 94.8 Å². The summed E-state index contributed by atoms with van der Waals surface area (Å²) in [6.45, 7) is 1.14. The van der Waals surface area contributed by atoms with Crippen LogP contribution in [0.4, 0.5) is 0 Å². The molecular formula is C12H16N2O2. The summed E-state index contributed by atoms with van der Waals surface area (Å²) in [6.07, 6.45) is 1.40. The van der Waals surface area contributed by atoms with E-state index in [1.54, 1.807) is 6.07 Å². The Balaban J connectivity index is 1.99. The average molecular weight is 220 g/mol. The zero-order chi connectivity index (χ0) is 11.4. The number of aromatic hydroxyl groups is 1. The van der Waals surface area contributed by atoms with Gasteiger partial charge in [0.25, 0.3) is 0 Å². The van der Waals surface area contributed by atoms with E-state index < -0.39 is 0 Å². The third-order valence-electron chi connectivity index (χ3n) is 2.57. The molecule has 4 nitrogen and oxygen atoms in total. The van der Waals surface area contributed by atoms with Gasteiger partial charge in [-0.1, -0.05) is 18.2 Å². The second-order valence-electron chi connectivity index (χ2n) is 3.86. The molecule has 1 aromatic carbocycles. The van der Waals surface area contributed by atoms with Crippen LogP contribution in [-0.4, -0.2) is 30.2 Å². The van der Waals surface area contributed by atoms with Crippen LogP contribution in [0.1, 0.15) is 12.0 Å². The number of hydrogen-bond donors (Lipinski definition) is 2. The summed E-state index contributed by atoms with van der Waals surface area (Å²) in [4.78, 5) is 4.42. The van der Waals surface area contributed by atoms with Crippen LogP contribution in [0.3, 0.4) is 0 Å². The quantitative estimate of drug-likeness (QED) is 0.797. The van der Waals surface area contributed by atoms with Gasteiger partial charge in [-0.2, -0.15) is 0 Å². The van der Waals surface area contributed by atoms with E-state index in [4.69, 9.17) is 10.5 Å². The van der Waals surface area contributed by atoms with Gasteiger partial charge in [0, 0.05) is 19.4 Å². The summed E-state index contributed by atoms with van der Waals surface area (Å²) in [7, 11) is 0. The molecule has 0 spiro atoms. The number of benzene rings is 1. The second kappa shape index (κ2) is 4.99. The van der Waals surface area contributed by atoms with E-state index >= 15 is 0 Å². The molecule has 1 aliphatic heterocycles. The molecule has 0 bridgehead atoms. The maximum Gasteiger partial charge on any atom is 0.184 e. The maximum absolute atomic E-state index is 9.63. The Morgan fingerprint density at radius 1 is 1.44 bits per heavy atom. The zero-order valence-corrected chi connectivity index (χ0v) is 9.10. The summed E-state index contributed by atoms with van der Waals surface area (Å²) in [6, 6.07) is 7.43. The average Bonchev–Trinajstić information content (AvgIpc) is 2.70. The van der Waals surface area contributed by atoms with Crippen LogP contribution in [0.2, 0.25) is 0 Å². The minimum Gasteiger partial charge on any atom is -0.508 e. The van der Waals surface area contributed by atoms with E-state index in [1.165, 1.54) is 0 Å². The van der Waals surface area contributed by atoms with Gasteiger partial charge in [-0.05, 0) is 11.6 Å². The molecule has 2 rings (SSSR count). The predicted octanol–water partition coefficient (Wildman–Crippen LogP) is 1.08. The van der Waals surface area contributed by atoms with Crippen molar-refractivity contribution in [3.63, 3.8) is 0 Å². The third kappa shape index (κ3) is 2.52. The molecule has 1 unspecified atom stereocenters. The predicted molar refractivity (Wildman–Crippen MR) is 62.7 cm³/mol. The number of phenolic OH excluding ortho intramolecular Hbond substituents is 1. The molecule has 16 heavy (non-hydrogen) atoms. The molecule has 0 aliphatic carbocycles. The Kier molecular flexibility index (Phi) is 3.41. The van der Waals surface area contributed by atoms with Gasteiger partial charge in [0.15, 0.2) is 5.90 Å². The summed E-state index contributed by atoms with van der Waals surface area (Å²) < 4.78 is 5.41. The number of nitrogens with zero attached hydrogens (tertiary/aromatic N) is 1. The first-order valence-corrected chi connectivity index (χ1v) is 5.46. The highest BCUT2D eigenvalue weighted by Crippen LogP contribution is 2.20. The van der Waals surface area contributed by atoms with Crippen molar-refractivity contribution in [2.24, 2.45) is 10.7 Å². The van der Waals surface area contributed by atoms with Crippen LogP contribution >= 0.6 is 0 Å². The van der Waals surface area contributed by atoms with Crippen LogP contribution in [0.25, 0.3) is 0 Å². The van der Waals surface area contributed by atoms with Gasteiger partial charge in [-0.25, -0.2) is 4.99 Å². The summed E-state index contributed by atoms with van der Waals surface area (Å²) in [5.41, 5.74) is 6.34. The smallest absolute Gasteiger partial charge is 0.184 e. The second-order valence-corrected chi connectivity index (χ2v) is 3.86. The Hall–Kier alpha value is -1.55. The molecule has 1 heterocycles. The molecule has 1 aromatic rings. The van der Waals surface area contributed by atoms with Crippen molar-refractivity contribution in [3.8, 4) is 5.75 Å². The normalized spacial score (nSPS) is 19.3. The first-order valence-electron chi connectivity index (χ1n) is 5.46. The van der Waals surface area contributed by atoms with Crippen molar-refractivity contribution < 1.29 is 9.84 Å². The van der Waals surface area contributed by atoms with Crippen molar-refractivity contribution in [1.82, 2.24) is 0 Å². The standard InChI is InChI=1S/C12H16N2O2/c13-6-5-12-14-10(8-16-12)7-9-3-1-2-4-11(9)15/h1-4,10,15H,5-8,13H2. The largest absolute Gasteiger partial charge is 0.508 e. The van der Waals surface area contributed by atoms with Crippen LogP contribution in [-0.2, 0) is 11.2 Å². The number of hydrogen-bond acceptors (Lipinski definition) is 4. The third-order valence-corrected chi connectivity index (χ3v) is 2.57. The highest BCUT2D eigenvalue weighted by Gasteiger charge is 2.19. The number of aliphatic imine (C=N–C) groups is 1. The van der Waals surface area contributed by atoms with Crippen molar-refractivity contribution in [1.29, 1.82) is 0 Å². The molecule has 0 fully saturated rings. The van der Waals surface area contributed by atoms with Crippen molar-refractivity contribution in [3.05, 3.63) is 29.8 Å². The summed E-state index contributed by atoms with van der Waals surface area (Å²) >= 11 is 0. The van der Waals surface area contributed by atoms with E-state index in [0.29, 0.717) is 31.7 Å². The van der Waals surface area contributed by atoms with Gasteiger partial charge in [0.05, 0.1) is 6.04 Å². The zero-order valence-electron chi connectivity index (χ0n) is 9.10. The van der Waals surface area contributed by atoms with Crippen LogP contribution < -0.4 is 5.73 Å². The Morgan fingerprint density at radius 3 is 3.00 bits per heavy atom. The van der Waals surface area contributed by atoms with E-state index in [9.17, 15) is 5.11 Å². The molecule has 3 N–H and O–H groups in total. The van der Waals surface area contributed by atoms with E-state index in [1.807, 2.05) is 18.2 Å². The van der Waals surface area contributed by atoms with Gasteiger partial charge in [-0.15, -0.1) is 0 Å². The van der Waals surface area contributed by atoms with Crippen molar-refractivity contribution in [2.45, 2.75) is 18.9 Å². The lowest BCUT2D eigenvalue weighted by atomic mass is 10.1. The molecule has 0 radical (unpaired) electrons. The molecule has 4 heteroatoms. The monoisotopic (exact) mass is 220 g/mol. The molecule has 0 saturated heterocycles. The number of rotatable bonds is 4. The maximum atomic E-state index is 9.63. The van der Waals surface area contributed by atoms with Crippen LogP contribution in [0.15, 0.2) is 29.3 Å².